The Labute approximate surface area is 148 Å². The van der Waals surface area contributed by atoms with E-state index in [1.54, 1.807) is 28.0 Å². The fraction of sp³-hybridized carbons (Fsp3) is 0.250. The number of benzene rings is 1. The fourth-order valence-corrected chi connectivity index (χ4v) is 3.98. The zero-order chi connectivity index (χ0) is 16.4. The maximum Gasteiger partial charge on any atom is 0.256 e. The van der Waals surface area contributed by atoms with Gasteiger partial charge < -0.3 is 9.80 Å². The number of rotatable bonds is 2. The Kier molecular flexibility index (Phi) is 4.90. The molecule has 2 heterocycles. The maximum atomic E-state index is 12.5. The average Bonchev–Trinajstić information content (AvgIpc) is 2.93. The van der Waals surface area contributed by atoms with Gasteiger partial charge in [0.1, 0.15) is 4.34 Å². The molecule has 7 heteroatoms. The Morgan fingerprint density at radius 3 is 2.00 bits per heavy atom. The second-order valence-corrected chi connectivity index (χ2v) is 7.47. The Morgan fingerprint density at radius 1 is 0.913 bits per heavy atom. The molecule has 120 valence electrons. The van der Waals surface area contributed by atoms with E-state index in [4.69, 9.17) is 23.2 Å². The lowest BCUT2D eigenvalue weighted by molar-refractivity contribution is 0.0536. The van der Waals surface area contributed by atoms with Gasteiger partial charge in [-0.15, -0.1) is 11.3 Å². The van der Waals surface area contributed by atoms with E-state index in [2.05, 4.69) is 0 Å². The summed E-state index contributed by atoms with van der Waals surface area (Å²) >= 11 is 13.1. The van der Waals surface area contributed by atoms with Crippen LogP contribution in [0.4, 0.5) is 0 Å². The third-order valence-electron chi connectivity index (χ3n) is 3.76. The normalized spacial score (nSPS) is 14.9. The third-order valence-corrected chi connectivity index (χ3v) is 5.25. The van der Waals surface area contributed by atoms with Crippen LogP contribution in [0.2, 0.25) is 8.67 Å². The number of nitrogens with zero attached hydrogens (tertiary/aromatic N) is 2. The van der Waals surface area contributed by atoms with Crippen molar-refractivity contribution in [1.29, 1.82) is 0 Å². The molecule has 1 aliphatic heterocycles. The van der Waals surface area contributed by atoms with Crippen molar-refractivity contribution in [2.24, 2.45) is 0 Å². The molecule has 0 spiro atoms. The molecule has 0 bridgehead atoms. The predicted molar refractivity (Wildman–Crippen MR) is 92.6 cm³/mol. The largest absolute Gasteiger partial charge is 0.335 e. The summed E-state index contributed by atoms with van der Waals surface area (Å²) in [5, 5.41) is 0. The van der Waals surface area contributed by atoms with Gasteiger partial charge in [0.2, 0.25) is 0 Å². The summed E-state index contributed by atoms with van der Waals surface area (Å²) in [6.45, 7) is 1.99. The Balaban J connectivity index is 1.63. The van der Waals surface area contributed by atoms with Crippen LogP contribution in [0.5, 0.6) is 0 Å². The van der Waals surface area contributed by atoms with Gasteiger partial charge in [-0.05, 0) is 18.2 Å². The molecule has 3 rings (SSSR count). The molecule has 0 aliphatic carbocycles. The van der Waals surface area contributed by atoms with E-state index in [0.29, 0.717) is 46.0 Å². The van der Waals surface area contributed by atoms with Crippen LogP contribution < -0.4 is 0 Å². The number of carbonyl (C=O) groups is 2. The van der Waals surface area contributed by atoms with Crippen molar-refractivity contribution in [2.75, 3.05) is 26.2 Å². The zero-order valence-electron chi connectivity index (χ0n) is 12.2. The first-order valence-electron chi connectivity index (χ1n) is 7.14. The van der Waals surface area contributed by atoms with Crippen molar-refractivity contribution in [1.82, 2.24) is 9.80 Å². The molecule has 0 saturated carbocycles. The van der Waals surface area contributed by atoms with Crippen LogP contribution in [0.15, 0.2) is 36.4 Å². The SMILES string of the molecule is O=C(c1ccccc1)N1CCN(C(=O)c2cc(Cl)sc2Cl)CC1. The van der Waals surface area contributed by atoms with Crippen LogP contribution in [-0.2, 0) is 0 Å². The number of thiophene rings is 1. The first kappa shape index (κ1) is 16.3. The van der Waals surface area contributed by atoms with Crippen molar-refractivity contribution >= 4 is 46.4 Å². The van der Waals surface area contributed by atoms with Crippen LogP contribution >= 0.6 is 34.5 Å². The number of amides is 2. The summed E-state index contributed by atoms with van der Waals surface area (Å²) in [5.74, 6) is -0.140. The predicted octanol–water partition coefficient (Wildman–Crippen LogP) is 3.65. The number of hydrogen-bond donors (Lipinski definition) is 0. The maximum absolute atomic E-state index is 12.5. The minimum atomic E-state index is -0.134. The van der Waals surface area contributed by atoms with Gasteiger partial charge in [0.15, 0.2) is 0 Å². The molecule has 1 aliphatic rings. The van der Waals surface area contributed by atoms with Crippen molar-refractivity contribution < 1.29 is 9.59 Å². The monoisotopic (exact) mass is 368 g/mol. The Bertz CT molecular complexity index is 725. The van der Waals surface area contributed by atoms with Gasteiger partial charge in [0.05, 0.1) is 9.90 Å². The third kappa shape index (κ3) is 3.52. The van der Waals surface area contributed by atoms with E-state index in [-0.39, 0.29) is 11.8 Å². The van der Waals surface area contributed by atoms with Gasteiger partial charge >= 0.3 is 0 Å². The molecule has 0 unspecified atom stereocenters. The van der Waals surface area contributed by atoms with Crippen LogP contribution in [0.1, 0.15) is 20.7 Å². The van der Waals surface area contributed by atoms with Gasteiger partial charge in [0, 0.05) is 31.7 Å². The smallest absolute Gasteiger partial charge is 0.256 e. The lowest BCUT2D eigenvalue weighted by Gasteiger charge is -2.34. The standard InChI is InChI=1S/C16H14Cl2N2O2S/c17-13-10-12(14(18)23-13)16(22)20-8-6-19(7-9-20)15(21)11-4-2-1-3-5-11/h1-5,10H,6-9H2. The highest BCUT2D eigenvalue weighted by Gasteiger charge is 2.27. The summed E-state index contributed by atoms with van der Waals surface area (Å²) in [4.78, 5) is 28.3. The van der Waals surface area contributed by atoms with E-state index in [0.717, 1.165) is 0 Å². The summed E-state index contributed by atoms with van der Waals surface area (Å²) in [6.07, 6.45) is 0. The van der Waals surface area contributed by atoms with Crippen LogP contribution in [-0.4, -0.2) is 47.8 Å². The molecule has 2 aromatic rings. The van der Waals surface area contributed by atoms with Crippen LogP contribution in [0.25, 0.3) is 0 Å². The second kappa shape index (κ2) is 6.91. The van der Waals surface area contributed by atoms with Crippen molar-refractivity contribution in [3.05, 3.63) is 56.2 Å². The molecule has 1 fully saturated rings. The second-order valence-electron chi connectivity index (χ2n) is 5.19. The van der Waals surface area contributed by atoms with Crippen LogP contribution in [0, 0.1) is 0 Å². The molecule has 1 aromatic heterocycles. The molecule has 4 nitrogen and oxygen atoms in total. The summed E-state index contributed by atoms with van der Waals surface area (Å²) < 4.78 is 0.902. The molecule has 1 aromatic carbocycles. The van der Waals surface area contributed by atoms with E-state index < -0.39 is 0 Å². The van der Waals surface area contributed by atoms with Gasteiger partial charge in [-0.25, -0.2) is 0 Å². The number of carbonyl (C=O) groups excluding carboxylic acids is 2. The van der Waals surface area contributed by atoms with Gasteiger partial charge in [-0.2, -0.15) is 0 Å². The Hall–Kier alpha value is -1.56. The van der Waals surface area contributed by atoms with E-state index in [9.17, 15) is 9.59 Å². The molecule has 1 saturated heterocycles. The van der Waals surface area contributed by atoms with Crippen molar-refractivity contribution in [2.45, 2.75) is 0 Å². The summed E-state index contributed by atoms with van der Waals surface area (Å²) in [6, 6.07) is 10.8. The molecular weight excluding hydrogens is 355 g/mol. The van der Waals surface area contributed by atoms with Crippen molar-refractivity contribution in [3.63, 3.8) is 0 Å². The van der Waals surface area contributed by atoms with E-state index in [1.165, 1.54) is 11.3 Å². The molecule has 0 radical (unpaired) electrons. The zero-order valence-corrected chi connectivity index (χ0v) is 14.5. The van der Waals surface area contributed by atoms with Crippen molar-refractivity contribution in [3.8, 4) is 0 Å². The van der Waals surface area contributed by atoms with E-state index >= 15 is 0 Å². The van der Waals surface area contributed by atoms with Gasteiger partial charge in [-0.3, -0.25) is 9.59 Å². The van der Waals surface area contributed by atoms with Crippen LogP contribution in [0.3, 0.4) is 0 Å². The highest BCUT2D eigenvalue weighted by Crippen LogP contribution is 2.32. The first-order chi connectivity index (χ1) is 11.1. The number of piperazine rings is 1. The topological polar surface area (TPSA) is 40.6 Å². The lowest BCUT2D eigenvalue weighted by Crippen LogP contribution is -2.50. The fourth-order valence-electron chi connectivity index (χ4n) is 2.53. The van der Waals surface area contributed by atoms with Gasteiger partial charge in [-0.1, -0.05) is 41.4 Å². The molecule has 0 atom stereocenters. The number of halogens is 2. The minimum Gasteiger partial charge on any atom is -0.335 e. The minimum absolute atomic E-state index is 0.00527. The molecule has 2 amide bonds. The quantitative estimate of drug-likeness (QED) is 0.811. The Morgan fingerprint density at radius 2 is 1.48 bits per heavy atom. The molecule has 0 N–H and O–H groups in total. The molecular formula is C16H14Cl2N2O2S. The van der Waals surface area contributed by atoms with E-state index in [1.807, 2.05) is 18.2 Å². The highest BCUT2D eigenvalue weighted by molar-refractivity contribution is 7.20. The number of hydrogen-bond acceptors (Lipinski definition) is 3. The summed E-state index contributed by atoms with van der Waals surface area (Å²) in [5.41, 5.74) is 1.10. The average molecular weight is 369 g/mol. The highest BCUT2D eigenvalue weighted by atomic mass is 35.5. The molecule has 23 heavy (non-hydrogen) atoms. The first-order valence-corrected chi connectivity index (χ1v) is 8.72. The lowest BCUT2D eigenvalue weighted by atomic mass is 10.1. The van der Waals surface area contributed by atoms with Gasteiger partial charge in [0.25, 0.3) is 11.8 Å². The summed E-state index contributed by atoms with van der Waals surface area (Å²) in [7, 11) is 0.